The van der Waals surface area contributed by atoms with Gasteiger partial charge in [0.15, 0.2) is 0 Å². The van der Waals surface area contributed by atoms with Crippen molar-refractivity contribution in [1.29, 1.82) is 0 Å². The van der Waals surface area contributed by atoms with Gasteiger partial charge in [0, 0.05) is 30.8 Å². The van der Waals surface area contributed by atoms with Crippen molar-refractivity contribution in [1.82, 2.24) is 4.98 Å². The highest BCUT2D eigenvalue weighted by Crippen LogP contribution is 2.23. The molecular formula is C14H15N3O2S. The van der Waals surface area contributed by atoms with Gasteiger partial charge in [-0.2, -0.15) is 11.8 Å². The first-order valence-corrected chi connectivity index (χ1v) is 7.72. The van der Waals surface area contributed by atoms with Crippen LogP contribution < -0.4 is 21.1 Å². The molecule has 1 aliphatic heterocycles. The largest absolute Gasteiger partial charge is 0.374 e. The number of nitrogens with zero attached hydrogens (tertiary/aromatic N) is 2. The Morgan fingerprint density at radius 3 is 2.70 bits per heavy atom. The fourth-order valence-corrected chi connectivity index (χ4v) is 3.22. The molecule has 6 heteroatoms. The minimum absolute atomic E-state index is 0.361. The molecule has 5 nitrogen and oxygen atoms in total. The molecule has 1 N–H and O–H groups in total. The summed E-state index contributed by atoms with van der Waals surface area (Å²) in [5.74, 6) is 2.00. The zero-order valence-electron chi connectivity index (χ0n) is 11.0. The van der Waals surface area contributed by atoms with Crippen LogP contribution in [0.15, 0.2) is 34.0 Å². The van der Waals surface area contributed by atoms with Gasteiger partial charge in [-0.05, 0) is 12.1 Å². The van der Waals surface area contributed by atoms with Crippen LogP contribution in [0.3, 0.4) is 0 Å². The standard InChI is InChI=1S/C14H15N3O2S/c18-13-11(16-9-10-3-1-2-4-15-10)12(14(13)19)17-5-7-20-8-6-17/h1-4,16H,5-9H2. The number of pyridine rings is 1. The molecule has 0 amide bonds. The summed E-state index contributed by atoms with van der Waals surface area (Å²) in [7, 11) is 0. The summed E-state index contributed by atoms with van der Waals surface area (Å²) in [4.78, 5) is 29.7. The lowest BCUT2D eigenvalue weighted by Crippen LogP contribution is -2.45. The van der Waals surface area contributed by atoms with Crippen LogP contribution >= 0.6 is 11.8 Å². The molecule has 104 valence electrons. The van der Waals surface area contributed by atoms with E-state index < -0.39 is 5.43 Å². The fraction of sp³-hybridized carbons (Fsp3) is 0.357. The molecule has 0 aliphatic carbocycles. The number of rotatable bonds is 4. The van der Waals surface area contributed by atoms with Crippen molar-refractivity contribution >= 4 is 23.1 Å². The van der Waals surface area contributed by atoms with Crippen molar-refractivity contribution < 1.29 is 0 Å². The van der Waals surface area contributed by atoms with E-state index in [0.717, 1.165) is 30.3 Å². The van der Waals surface area contributed by atoms with Crippen LogP contribution in [-0.2, 0) is 6.54 Å². The minimum atomic E-state index is -0.408. The maximum atomic E-state index is 11.8. The highest BCUT2D eigenvalue weighted by molar-refractivity contribution is 7.99. The van der Waals surface area contributed by atoms with E-state index in [1.54, 1.807) is 6.20 Å². The number of aromatic nitrogens is 1. The van der Waals surface area contributed by atoms with Gasteiger partial charge in [-0.15, -0.1) is 0 Å². The Morgan fingerprint density at radius 2 is 2.00 bits per heavy atom. The predicted octanol–water partition coefficient (Wildman–Crippen LogP) is 0.843. The molecule has 2 heterocycles. The predicted molar refractivity (Wildman–Crippen MR) is 82.5 cm³/mol. The van der Waals surface area contributed by atoms with Gasteiger partial charge >= 0.3 is 0 Å². The van der Waals surface area contributed by atoms with E-state index in [-0.39, 0.29) is 5.43 Å². The third kappa shape index (κ3) is 2.43. The molecule has 1 aromatic carbocycles. The molecule has 0 spiro atoms. The van der Waals surface area contributed by atoms with Gasteiger partial charge in [-0.3, -0.25) is 14.6 Å². The van der Waals surface area contributed by atoms with E-state index in [1.807, 2.05) is 34.9 Å². The fourth-order valence-electron chi connectivity index (χ4n) is 2.31. The van der Waals surface area contributed by atoms with Gasteiger partial charge in [0.05, 0.1) is 12.2 Å². The lowest BCUT2D eigenvalue weighted by atomic mass is 10.1. The van der Waals surface area contributed by atoms with Crippen LogP contribution in [0.1, 0.15) is 5.69 Å². The molecule has 1 aliphatic rings. The van der Waals surface area contributed by atoms with Crippen LogP contribution in [0.4, 0.5) is 11.4 Å². The SMILES string of the molecule is O=c1c(NCc2ccccn2)c(N2CCSCC2)c1=O. The van der Waals surface area contributed by atoms with Crippen LogP contribution in [0.5, 0.6) is 0 Å². The smallest absolute Gasteiger partial charge is 0.253 e. The van der Waals surface area contributed by atoms with E-state index in [0.29, 0.717) is 17.9 Å². The van der Waals surface area contributed by atoms with E-state index in [4.69, 9.17) is 0 Å². The highest BCUT2D eigenvalue weighted by atomic mass is 32.2. The van der Waals surface area contributed by atoms with Gasteiger partial charge < -0.3 is 10.2 Å². The second kappa shape index (κ2) is 5.66. The molecular weight excluding hydrogens is 274 g/mol. The van der Waals surface area contributed by atoms with Gasteiger partial charge in [0.2, 0.25) is 0 Å². The third-order valence-corrected chi connectivity index (χ3v) is 4.33. The quantitative estimate of drug-likeness (QED) is 0.842. The second-order valence-electron chi connectivity index (χ2n) is 4.66. The highest BCUT2D eigenvalue weighted by Gasteiger charge is 2.26. The molecule has 0 atom stereocenters. The van der Waals surface area contributed by atoms with E-state index in [1.165, 1.54) is 0 Å². The van der Waals surface area contributed by atoms with Gasteiger partial charge in [-0.25, -0.2) is 0 Å². The zero-order valence-corrected chi connectivity index (χ0v) is 11.8. The molecule has 1 saturated heterocycles. The maximum absolute atomic E-state index is 11.8. The minimum Gasteiger partial charge on any atom is -0.374 e. The zero-order chi connectivity index (χ0) is 13.9. The number of anilines is 2. The summed E-state index contributed by atoms with van der Waals surface area (Å²) in [6.07, 6.45) is 1.71. The summed E-state index contributed by atoms with van der Waals surface area (Å²) in [6.45, 7) is 2.11. The molecule has 0 unspecified atom stereocenters. The first kappa shape index (κ1) is 13.2. The van der Waals surface area contributed by atoms with Gasteiger partial charge in [0.25, 0.3) is 10.9 Å². The summed E-state index contributed by atoms with van der Waals surface area (Å²) >= 11 is 1.87. The van der Waals surface area contributed by atoms with Crippen molar-refractivity contribution in [2.24, 2.45) is 0 Å². The average Bonchev–Trinajstić information content (AvgIpc) is 2.52. The van der Waals surface area contributed by atoms with Crippen LogP contribution in [0.25, 0.3) is 0 Å². The number of hydrogen-bond acceptors (Lipinski definition) is 6. The Labute approximate surface area is 120 Å². The number of nitrogens with one attached hydrogen (secondary N) is 1. The Bertz CT molecular complexity index is 659. The lowest BCUT2D eigenvalue weighted by Gasteiger charge is -2.30. The normalized spacial score (nSPS) is 15.5. The first-order valence-electron chi connectivity index (χ1n) is 6.57. The summed E-state index contributed by atoms with van der Waals surface area (Å²) < 4.78 is 0. The Hall–Kier alpha value is -1.82. The molecule has 2 aromatic rings. The Morgan fingerprint density at radius 1 is 1.20 bits per heavy atom. The molecule has 20 heavy (non-hydrogen) atoms. The van der Waals surface area contributed by atoms with Crippen LogP contribution in [0.2, 0.25) is 0 Å². The van der Waals surface area contributed by atoms with Crippen molar-refractivity contribution in [2.45, 2.75) is 6.54 Å². The van der Waals surface area contributed by atoms with Crippen molar-refractivity contribution in [3.8, 4) is 0 Å². The lowest BCUT2D eigenvalue weighted by molar-refractivity contribution is 0.846. The van der Waals surface area contributed by atoms with E-state index >= 15 is 0 Å². The molecule has 3 rings (SSSR count). The van der Waals surface area contributed by atoms with Crippen LogP contribution in [-0.4, -0.2) is 29.6 Å². The summed E-state index contributed by atoms with van der Waals surface area (Å²) in [5, 5.41) is 3.06. The van der Waals surface area contributed by atoms with E-state index in [2.05, 4.69) is 10.3 Å². The van der Waals surface area contributed by atoms with Crippen molar-refractivity contribution in [2.75, 3.05) is 34.8 Å². The number of thioether (sulfide) groups is 1. The Balaban J connectivity index is 1.75. The second-order valence-corrected chi connectivity index (χ2v) is 5.88. The molecule has 0 radical (unpaired) electrons. The monoisotopic (exact) mass is 289 g/mol. The summed E-state index contributed by atoms with van der Waals surface area (Å²) in [6, 6.07) is 5.63. The number of hydrogen-bond donors (Lipinski definition) is 1. The summed E-state index contributed by atoms with van der Waals surface area (Å²) in [5.41, 5.74) is 1.09. The topological polar surface area (TPSA) is 62.3 Å². The van der Waals surface area contributed by atoms with Gasteiger partial charge in [0.1, 0.15) is 11.4 Å². The van der Waals surface area contributed by atoms with E-state index in [9.17, 15) is 9.59 Å². The van der Waals surface area contributed by atoms with Crippen molar-refractivity contribution in [3.63, 3.8) is 0 Å². The van der Waals surface area contributed by atoms with Crippen molar-refractivity contribution in [3.05, 3.63) is 50.5 Å². The average molecular weight is 289 g/mol. The molecule has 0 saturated carbocycles. The first-order chi connectivity index (χ1) is 9.77. The maximum Gasteiger partial charge on any atom is 0.253 e. The molecule has 1 fully saturated rings. The van der Waals surface area contributed by atoms with Gasteiger partial charge in [-0.1, -0.05) is 6.07 Å². The third-order valence-electron chi connectivity index (χ3n) is 3.38. The van der Waals surface area contributed by atoms with Crippen LogP contribution in [0, 0.1) is 0 Å². The molecule has 0 bridgehead atoms. The Kier molecular flexibility index (Phi) is 3.73. The molecule has 1 aromatic heterocycles.